The highest BCUT2D eigenvalue weighted by Gasteiger charge is 2.19. The molecule has 1 N–H and O–H groups in total. The molecule has 0 aliphatic carbocycles. The molecular formula is C68H55BrN6O2. The molecule has 0 atom stereocenters. The van der Waals surface area contributed by atoms with E-state index in [2.05, 4.69) is 198 Å². The molecular weight excluding hydrogens is 1010 g/mol. The first kappa shape index (κ1) is 49.0. The van der Waals surface area contributed by atoms with Gasteiger partial charge in [0.1, 0.15) is 28.5 Å². The molecule has 6 heterocycles. The van der Waals surface area contributed by atoms with E-state index in [0.29, 0.717) is 0 Å². The van der Waals surface area contributed by atoms with E-state index in [0.717, 1.165) is 110 Å². The lowest BCUT2D eigenvalue weighted by molar-refractivity contribution is 0.476. The van der Waals surface area contributed by atoms with Gasteiger partial charge in [-0.25, -0.2) is 9.97 Å². The summed E-state index contributed by atoms with van der Waals surface area (Å²) in [5.41, 5.74) is 15.1. The molecule has 8 aromatic carbocycles. The summed E-state index contributed by atoms with van der Waals surface area (Å²) >= 11 is 3.49. The van der Waals surface area contributed by atoms with Crippen molar-refractivity contribution in [1.29, 1.82) is 0 Å². The summed E-state index contributed by atoms with van der Waals surface area (Å²) in [6.45, 7) is 13.3. The molecule has 0 aliphatic heterocycles. The maximum Gasteiger partial charge on any atom is 0.146 e. The van der Waals surface area contributed by atoms with Gasteiger partial charge in [-0.2, -0.15) is 0 Å². The van der Waals surface area contributed by atoms with Gasteiger partial charge in [-0.05, 0) is 154 Å². The van der Waals surface area contributed by atoms with Gasteiger partial charge in [-0.3, -0.25) is 18.8 Å². The van der Waals surface area contributed by atoms with Crippen molar-refractivity contribution in [3.8, 4) is 39.8 Å². The molecule has 6 aromatic heterocycles. The van der Waals surface area contributed by atoms with E-state index in [9.17, 15) is 5.11 Å². The first-order chi connectivity index (χ1) is 37.2. The van der Waals surface area contributed by atoms with Gasteiger partial charge in [0.2, 0.25) is 0 Å². The van der Waals surface area contributed by atoms with Crippen molar-refractivity contribution >= 4 is 92.6 Å². The molecule has 14 rings (SSSR count). The Morgan fingerprint density at radius 3 is 1.42 bits per heavy atom. The van der Waals surface area contributed by atoms with Crippen LogP contribution < -0.4 is 4.74 Å². The standard InChI is InChI=1S/C34H27N3O.C19H12N2O.C15H16BrN/c1-34(2,3)23-17-18-35-30(20-23)22-9-8-10-24(19-22)38-25-15-16-26-27-11-4-6-13-31(27)37-32-14-7-5-12-29(32)36-33(37)28(26)21-25;22-12-9-10-13-14-5-1-3-7-17(14)21-18-8-4-2-6-16(18)20-19(21)15(13)11-12;1-15(2,3)12-7-8-17-14(10-12)11-5-4-6-13(16)9-11/h4-21H,1-3H3;1-11,22H;4-10H,1-3H3. The van der Waals surface area contributed by atoms with Crippen molar-refractivity contribution in [2.75, 3.05) is 0 Å². The van der Waals surface area contributed by atoms with Gasteiger partial charge >= 0.3 is 0 Å². The Morgan fingerprint density at radius 1 is 0.403 bits per heavy atom. The fourth-order valence-corrected chi connectivity index (χ4v) is 10.7. The number of aromatic nitrogens is 6. The summed E-state index contributed by atoms with van der Waals surface area (Å²) in [7, 11) is 0. The van der Waals surface area contributed by atoms with E-state index in [1.54, 1.807) is 12.1 Å². The molecule has 0 unspecified atom stereocenters. The van der Waals surface area contributed by atoms with E-state index in [1.807, 2.05) is 85.2 Å². The summed E-state index contributed by atoms with van der Waals surface area (Å²) in [6, 6.07) is 69.9. The summed E-state index contributed by atoms with van der Waals surface area (Å²) < 4.78 is 11.9. The number of phenolic OH excluding ortho intramolecular Hbond substituents is 1. The minimum absolute atomic E-state index is 0.0596. The van der Waals surface area contributed by atoms with Gasteiger partial charge in [0.15, 0.2) is 0 Å². The van der Waals surface area contributed by atoms with E-state index < -0.39 is 0 Å². The van der Waals surface area contributed by atoms with Crippen molar-refractivity contribution in [3.63, 3.8) is 0 Å². The van der Waals surface area contributed by atoms with Crippen LogP contribution in [0.15, 0.2) is 223 Å². The highest BCUT2D eigenvalue weighted by molar-refractivity contribution is 9.10. The van der Waals surface area contributed by atoms with Crippen LogP contribution in [0.3, 0.4) is 0 Å². The Kier molecular flexibility index (Phi) is 12.5. The number of pyridine rings is 4. The largest absolute Gasteiger partial charge is 0.508 e. The third-order valence-electron chi connectivity index (χ3n) is 14.2. The van der Waals surface area contributed by atoms with Gasteiger partial charge in [0.25, 0.3) is 0 Å². The fraction of sp³-hybridized carbons (Fsp3) is 0.118. The molecule has 0 aliphatic rings. The molecule has 0 radical (unpaired) electrons. The highest BCUT2D eigenvalue weighted by Crippen LogP contribution is 2.38. The molecule has 9 heteroatoms. The van der Waals surface area contributed by atoms with Gasteiger partial charge in [0, 0.05) is 49.5 Å². The summed E-state index contributed by atoms with van der Waals surface area (Å²) in [5.74, 6) is 1.81. The predicted octanol–water partition coefficient (Wildman–Crippen LogP) is 18.3. The number of aromatic hydroxyl groups is 1. The molecule has 8 nitrogen and oxygen atoms in total. The number of para-hydroxylation sites is 6. The van der Waals surface area contributed by atoms with Gasteiger partial charge in [-0.15, -0.1) is 0 Å². The normalized spacial score (nSPS) is 11.9. The van der Waals surface area contributed by atoms with Crippen LogP contribution >= 0.6 is 15.9 Å². The van der Waals surface area contributed by atoms with E-state index in [4.69, 9.17) is 14.7 Å². The van der Waals surface area contributed by atoms with Crippen molar-refractivity contribution in [2.24, 2.45) is 0 Å². The van der Waals surface area contributed by atoms with Crippen LogP contribution in [0.5, 0.6) is 17.2 Å². The van der Waals surface area contributed by atoms with Crippen molar-refractivity contribution in [3.05, 3.63) is 234 Å². The van der Waals surface area contributed by atoms with Crippen molar-refractivity contribution < 1.29 is 9.84 Å². The van der Waals surface area contributed by atoms with Gasteiger partial charge in [0.05, 0.1) is 44.5 Å². The molecule has 0 spiro atoms. The zero-order valence-corrected chi connectivity index (χ0v) is 45.3. The minimum atomic E-state index is 0.0596. The van der Waals surface area contributed by atoms with Crippen LogP contribution in [-0.2, 0) is 10.8 Å². The summed E-state index contributed by atoms with van der Waals surface area (Å²) in [6.07, 6.45) is 3.77. The second kappa shape index (κ2) is 19.7. The van der Waals surface area contributed by atoms with E-state index in [-0.39, 0.29) is 16.6 Å². The monoisotopic (exact) mass is 1070 g/mol. The number of fused-ring (bicyclic) bond motifs is 16. The Hall–Kier alpha value is -8.92. The maximum atomic E-state index is 9.90. The number of nitrogens with zero attached hydrogens (tertiary/aromatic N) is 6. The van der Waals surface area contributed by atoms with Crippen molar-refractivity contribution in [2.45, 2.75) is 52.4 Å². The zero-order valence-electron chi connectivity index (χ0n) is 43.7. The van der Waals surface area contributed by atoms with E-state index in [1.165, 1.54) is 16.5 Å². The summed E-state index contributed by atoms with van der Waals surface area (Å²) in [4.78, 5) is 18.9. The molecule has 0 bridgehead atoms. The zero-order chi connectivity index (χ0) is 53.0. The number of imidazole rings is 2. The maximum absolute atomic E-state index is 9.90. The summed E-state index contributed by atoms with van der Waals surface area (Å²) in [5, 5.41) is 16.5. The molecule has 0 saturated heterocycles. The second-order valence-electron chi connectivity index (χ2n) is 21.5. The molecule has 77 heavy (non-hydrogen) atoms. The van der Waals surface area contributed by atoms with Gasteiger partial charge < -0.3 is 9.84 Å². The molecule has 0 saturated carbocycles. The van der Waals surface area contributed by atoms with Crippen LogP contribution in [0.4, 0.5) is 0 Å². The third-order valence-corrected chi connectivity index (χ3v) is 14.7. The lowest BCUT2D eigenvalue weighted by Gasteiger charge is -2.19. The molecule has 14 aromatic rings. The average Bonchev–Trinajstić information content (AvgIpc) is 4.21. The SMILES string of the molecule is CC(C)(C)c1ccnc(-c2cccc(Br)c2)c1.CC(C)(C)c1ccnc(-c2cccc(Oc3ccc4c5ccccc5n5c6ccccc6nc5c4c3)c2)c1.Oc1ccc2c3ccccc3n3c4ccccc4nc3c2c1. The number of hydrogen-bond donors (Lipinski definition) is 1. The van der Waals surface area contributed by atoms with Crippen LogP contribution in [-0.4, -0.2) is 33.8 Å². The van der Waals surface area contributed by atoms with Crippen LogP contribution in [0, 0.1) is 0 Å². The number of phenols is 1. The Balaban J connectivity index is 0.000000129. The second-order valence-corrected chi connectivity index (χ2v) is 22.4. The highest BCUT2D eigenvalue weighted by atomic mass is 79.9. The van der Waals surface area contributed by atoms with E-state index >= 15 is 0 Å². The number of hydrogen-bond acceptors (Lipinski definition) is 6. The number of ether oxygens (including phenoxy) is 1. The lowest BCUT2D eigenvalue weighted by Crippen LogP contribution is -2.11. The topological polar surface area (TPSA) is 89.8 Å². The minimum Gasteiger partial charge on any atom is -0.508 e. The Labute approximate surface area is 455 Å². The molecule has 0 fully saturated rings. The smallest absolute Gasteiger partial charge is 0.146 e. The van der Waals surface area contributed by atoms with Crippen molar-refractivity contribution in [1.82, 2.24) is 28.7 Å². The fourth-order valence-electron chi connectivity index (χ4n) is 10.3. The predicted molar refractivity (Wildman–Crippen MR) is 322 cm³/mol. The quantitative estimate of drug-likeness (QED) is 0.177. The molecule has 0 amide bonds. The van der Waals surface area contributed by atoms with Crippen LogP contribution in [0.1, 0.15) is 52.7 Å². The van der Waals surface area contributed by atoms with Gasteiger partial charge in [-0.1, -0.05) is 142 Å². The first-order valence-corrected chi connectivity index (χ1v) is 26.6. The first-order valence-electron chi connectivity index (χ1n) is 25.8. The van der Waals surface area contributed by atoms with Crippen LogP contribution in [0.2, 0.25) is 0 Å². The number of halogens is 1. The Morgan fingerprint density at radius 2 is 0.870 bits per heavy atom. The molecule has 376 valence electrons. The van der Waals surface area contributed by atoms with Crippen LogP contribution in [0.25, 0.3) is 99.2 Å². The average molecular weight is 1070 g/mol. The lowest BCUT2D eigenvalue weighted by atomic mass is 9.87. The number of benzene rings is 8. The Bertz CT molecular complexity index is 4560. The third kappa shape index (κ3) is 9.48. The number of rotatable bonds is 4.